The molecule has 1 atom stereocenters. The van der Waals surface area contributed by atoms with E-state index in [2.05, 4.69) is 18.1 Å². The van der Waals surface area contributed by atoms with Crippen LogP contribution in [0.5, 0.6) is 0 Å². The Morgan fingerprint density at radius 1 is 1.50 bits per heavy atom. The van der Waals surface area contributed by atoms with E-state index >= 15 is 0 Å². The lowest BCUT2D eigenvalue weighted by Gasteiger charge is -2.25. The molecule has 0 amide bonds. The minimum atomic E-state index is 0.708. The zero-order chi connectivity index (χ0) is 8.81. The van der Waals surface area contributed by atoms with Crippen LogP contribution in [0.1, 0.15) is 13.3 Å². The number of ether oxygens (including phenoxy) is 1. The van der Waals surface area contributed by atoms with Gasteiger partial charge in [0.05, 0.1) is 6.61 Å². The molecular formula is C9H19NOS. The average Bonchev–Trinajstić information content (AvgIpc) is 2.27. The van der Waals surface area contributed by atoms with Crippen LogP contribution in [0, 0.1) is 0 Å². The van der Waals surface area contributed by atoms with Crippen LogP contribution < -0.4 is 0 Å². The van der Waals surface area contributed by atoms with Gasteiger partial charge < -0.3 is 4.74 Å². The summed E-state index contributed by atoms with van der Waals surface area (Å²) < 4.78 is 5.43. The molecule has 0 aromatic heterocycles. The third-order valence-electron chi connectivity index (χ3n) is 2.41. The van der Waals surface area contributed by atoms with Gasteiger partial charge in [0.25, 0.3) is 0 Å². The molecule has 0 N–H and O–H groups in total. The first-order valence-electron chi connectivity index (χ1n) is 4.65. The zero-order valence-electron chi connectivity index (χ0n) is 8.08. The first kappa shape index (κ1) is 10.4. The number of hydrogen-bond acceptors (Lipinski definition) is 3. The van der Waals surface area contributed by atoms with Crippen molar-refractivity contribution in [2.24, 2.45) is 0 Å². The summed E-state index contributed by atoms with van der Waals surface area (Å²) in [6, 6.07) is 0.708. The summed E-state index contributed by atoms with van der Waals surface area (Å²) in [6.45, 7) is 6.48. The lowest BCUT2D eigenvalue weighted by molar-refractivity contribution is 0.142. The summed E-state index contributed by atoms with van der Waals surface area (Å²) in [5.74, 6) is 1.24. The van der Waals surface area contributed by atoms with Gasteiger partial charge in [0.15, 0.2) is 0 Å². The largest absolute Gasteiger partial charge is 0.380 e. The van der Waals surface area contributed by atoms with Crippen molar-refractivity contribution in [2.45, 2.75) is 19.4 Å². The fourth-order valence-electron chi connectivity index (χ4n) is 1.48. The normalized spacial score (nSPS) is 27.0. The van der Waals surface area contributed by atoms with Crippen molar-refractivity contribution < 1.29 is 4.74 Å². The van der Waals surface area contributed by atoms with Gasteiger partial charge in [-0.1, -0.05) is 0 Å². The predicted molar refractivity (Wildman–Crippen MR) is 54.9 cm³/mol. The van der Waals surface area contributed by atoms with Crippen molar-refractivity contribution in [1.29, 1.82) is 0 Å². The van der Waals surface area contributed by atoms with Gasteiger partial charge in [0.1, 0.15) is 0 Å². The van der Waals surface area contributed by atoms with E-state index in [9.17, 15) is 0 Å². The molecule has 0 aromatic carbocycles. The number of nitrogens with zero attached hydrogens (tertiary/aromatic N) is 1. The fraction of sp³-hybridized carbons (Fsp3) is 1.00. The Kier molecular flexibility index (Phi) is 5.04. The van der Waals surface area contributed by atoms with Gasteiger partial charge in [-0.2, -0.15) is 11.8 Å². The smallest absolute Gasteiger partial charge is 0.0593 e. The highest BCUT2D eigenvalue weighted by Gasteiger charge is 2.15. The average molecular weight is 189 g/mol. The second-order valence-corrected chi connectivity index (χ2v) is 4.26. The van der Waals surface area contributed by atoms with Gasteiger partial charge in [-0.15, -0.1) is 0 Å². The van der Waals surface area contributed by atoms with Gasteiger partial charge in [0, 0.05) is 31.5 Å². The van der Waals surface area contributed by atoms with E-state index in [1.165, 1.54) is 18.7 Å². The molecule has 2 nitrogen and oxygen atoms in total. The molecule has 1 rings (SSSR count). The summed E-state index contributed by atoms with van der Waals surface area (Å²) in [4.78, 5) is 2.53. The van der Waals surface area contributed by atoms with Crippen LogP contribution in [0.4, 0.5) is 0 Å². The Morgan fingerprint density at radius 3 is 3.08 bits per heavy atom. The lowest BCUT2D eigenvalue weighted by atomic mass is 10.2. The molecule has 72 valence electrons. The Balaban J connectivity index is 2.26. The third-order valence-corrected chi connectivity index (χ3v) is 3.00. The maximum absolute atomic E-state index is 5.43. The minimum Gasteiger partial charge on any atom is -0.380 e. The molecule has 1 saturated heterocycles. The SMILES string of the molecule is CSCCN1CCOCCC1C. The van der Waals surface area contributed by atoms with E-state index < -0.39 is 0 Å². The summed E-state index contributed by atoms with van der Waals surface area (Å²) in [6.07, 6.45) is 3.35. The monoisotopic (exact) mass is 189 g/mol. The molecule has 0 radical (unpaired) electrons. The highest BCUT2D eigenvalue weighted by molar-refractivity contribution is 7.98. The van der Waals surface area contributed by atoms with Gasteiger partial charge in [0.2, 0.25) is 0 Å². The lowest BCUT2D eigenvalue weighted by Crippen LogP contribution is -2.35. The van der Waals surface area contributed by atoms with Crippen molar-refractivity contribution in [1.82, 2.24) is 4.90 Å². The number of thioether (sulfide) groups is 1. The highest BCUT2D eigenvalue weighted by Crippen LogP contribution is 2.08. The molecule has 12 heavy (non-hydrogen) atoms. The maximum Gasteiger partial charge on any atom is 0.0593 e. The maximum atomic E-state index is 5.43. The van der Waals surface area contributed by atoms with Gasteiger partial charge in [-0.3, -0.25) is 4.90 Å². The van der Waals surface area contributed by atoms with Crippen molar-refractivity contribution in [2.75, 3.05) is 38.3 Å². The Bertz CT molecular complexity index is 121. The van der Waals surface area contributed by atoms with E-state index in [0.29, 0.717) is 6.04 Å². The topological polar surface area (TPSA) is 12.5 Å². The standard InChI is InChI=1S/C9H19NOS/c1-9-3-6-11-7-4-10(9)5-8-12-2/h9H,3-8H2,1-2H3. The molecule has 0 aromatic rings. The van der Waals surface area contributed by atoms with Gasteiger partial charge in [-0.25, -0.2) is 0 Å². The Labute approximate surface area is 79.6 Å². The molecule has 1 fully saturated rings. The first-order chi connectivity index (χ1) is 5.84. The second kappa shape index (κ2) is 5.84. The van der Waals surface area contributed by atoms with E-state index in [0.717, 1.165) is 19.8 Å². The van der Waals surface area contributed by atoms with E-state index in [4.69, 9.17) is 4.74 Å². The van der Waals surface area contributed by atoms with E-state index in [1.807, 2.05) is 11.8 Å². The second-order valence-electron chi connectivity index (χ2n) is 3.28. The fourth-order valence-corrected chi connectivity index (χ4v) is 1.90. The molecule has 3 heteroatoms. The van der Waals surface area contributed by atoms with Crippen molar-refractivity contribution >= 4 is 11.8 Å². The molecule has 0 aliphatic carbocycles. The predicted octanol–water partition coefficient (Wildman–Crippen LogP) is 1.46. The summed E-state index contributed by atoms with van der Waals surface area (Å²) in [7, 11) is 0. The molecule has 1 aliphatic heterocycles. The van der Waals surface area contributed by atoms with Crippen LogP contribution in [0.3, 0.4) is 0 Å². The number of rotatable bonds is 3. The first-order valence-corrected chi connectivity index (χ1v) is 6.04. The van der Waals surface area contributed by atoms with Crippen LogP contribution in [0.25, 0.3) is 0 Å². The van der Waals surface area contributed by atoms with Crippen molar-refractivity contribution in [3.05, 3.63) is 0 Å². The molecule has 1 unspecified atom stereocenters. The highest BCUT2D eigenvalue weighted by atomic mass is 32.2. The third kappa shape index (κ3) is 3.33. The van der Waals surface area contributed by atoms with Crippen LogP contribution in [-0.4, -0.2) is 49.3 Å². The molecule has 1 heterocycles. The summed E-state index contributed by atoms with van der Waals surface area (Å²) in [5, 5.41) is 0. The van der Waals surface area contributed by atoms with Crippen molar-refractivity contribution in [3.63, 3.8) is 0 Å². The van der Waals surface area contributed by atoms with Crippen LogP contribution >= 0.6 is 11.8 Å². The van der Waals surface area contributed by atoms with Crippen LogP contribution in [-0.2, 0) is 4.74 Å². The quantitative estimate of drug-likeness (QED) is 0.667. The minimum absolute atomic E-state index is 0.708. The van der Waals surface area contributed by atoms with Crippen molar-refractivity contribution in [3.8, 4) is 0 Å². The van der Waals surface area contributed by atoms with E-state index in [1.54, 1.807) is 0 Å². The Hall–Kier alpha value is 0.270. The zero-order valence-corrected chi connectivity index (χ0v) is 8.90. The molecule has 0 saturated carbocycles. The molecule has 0 bridgehead atoms. The molecular weight excluding hydrogens is 170 g/mol. The van der Waals surface area contributed by atoms with Gasteiger partial charge in [-0.05, 0) is 19.6 Å². The van der Waals surface area contributed by atoms with E-state index in [-0.39, 0.29) is 0 Å². The summed E-state index contributed by atoms with van der Waals surface area (Å²) in [5.41, 5.74) is 0. The Morgan fingerprint density at radius 2 is 2.33 bits per heavy atom. The molecule has 1 aliphatic rings. The number of hydrogen-bond donors (Lipinski definition) is 0. The van der Waals surface area contributed by atoms with Gasteiger partial charge >= 0.3 is 0 Å². The molecule has 0 spiro atoms. The summed E-state index contributed by atoms with van der Waals surface area (Å²) >= 11 is 1.92. The van der Waals surface area contributed by atoms with Crippen LogP contribution in [0.2, 0.25) is 0 Å². The van der Waals surface area contributed by atoms with Crippen LogP contribution in [0.15, 0.2) is 0 Å².